The van der Waals surface area contributed by atoms with Crippen LogP contribution in [-0.2, 0) is 19.1 Å². The maximum absolute atomic E-state index is 12.0. The van der Waals surface area contributed by atoms with Crippen molar-refractivity contribution in [1.82, 2.24) is 10.6 Å². The number of hydrogen-bond donors (Lipinski definition) is 3. The molecule has 1 amide bonds. The SMILES string of the molecule is CCC(CC)CC(NC(C)=O)C1NC(C(=O)O)CC1C(=O)OC. The van der Waals surface area contributed by atoms with E-state index in [1.165, 1.54) is 14.0 Å². The summed E-state index contributed by atoms with van der Waals surface area (Å²) in [5.41, 5.74) is 0. The second-order valence-corrected chi connectivity index (χ2v) is 6.17. The Kier molecular flexibility index (Phi) is 7.48. The Morgan fingerprint density at radius 3 is 2.35 bits per heavy atom. The summed E-state index contributed by atoms with van der Waals surface area (Å²) in [5, 5.41) is 15.1. The maximum atomic E-state index is 12.0. The van der Waals surface area contributed by atoms with Crippen molar-refractivity contribution in [2.45, 2.75) is 64.6 Å². The molecule has 1 aliphatic heterocycles. The van der Waals surface area contributed by atoms with Crippen LogP contribution < -0.4 is 10.6 Å². The highest BCUT2D eigenvalue weighted by Crippen LogP contribution is 2.28. The molecule has 23 heavy (non-hydrogen) atoms. The molecule has 0 radical (unpaired) electrons. The molecule has 1 rings (SSSR count). The summed E-state index contributed by atoms with van der Waals surface area (Å²) in [4.78, 5) is 34.9. The van der Waals surface area contributed by atoms with Gasteiger partial charge in [0.25, 0.3) is 0 Å². The van der Waals surface area contributed by atoms with E-state index >= 15 is 0 Å². The lowest BCUT2D eigenvalue weighted by molar-refractivity contribution is -0.146. The molecule has 1 heterocycles. The van der Waals surface area contributed by atoms with Gasteiger partial charge in [0, 0.05) is 19.0 Å². The standard InChI is InChI=1S/C16H28N2O5/c1-5-10(6-2)7-12(17-9(3)19)14-11(16(22)23-4)8-13(18-14)15(20)21/h10-14,18H,5-8H2,1-4H3,(H,17,19)(H,20,21). The average Bonchev–Trinajstić information content (AvgIpc) is 2.95. The summed E-state index contributed by atoms with van der Waals surface area (Å²) >= 11 is 0. The molecule has 0 aliphatic carbocycles. The molecule has 1 aliphatic rings. The number of carbonyl (C=O) groups excluding carboxylic acids is 2. The van der Waals surface area contributed by atoms with Crippen molar-refractivity contribution in [2.75, 3.05) is 7.11 Å². The van der Waals surface area contributed by atoms with Crippen molar-refractivity contribution < 1.29 is 24.2 Å². The fourth-order valence-corrected chi connectivity index (χ4v) is 3.32. The molecule has 0 saturated carbocycles. The minimum absolute atomic E-state index is 0.172. The van der Waals surface area contributed by atoms with E-state index in [1.807, 2.05) is 0 Å². The van der Waals surface area contributed by atoms with Gasteiger partial charge in [0.15, 0.2) is 0 Å². The zero-order valence-corrected chi connectivity index (χ0v) is 14.3. The van der Waals surface area contributed by atoms with Crippen molar-refractivity contribution in [1.29, 1.82) is 0 Å². The van der Waals surface area contributed by atoms with E-state index in [9.17, 15) is 19.5 Å². The molecule has 4 unspecified atom stereocenters. The van der Waals surface area contributed by atoms with E-state index in [2.05, 4.69) is 24.5 Å². The predicted octanol–water partition coefficient (Wildman–Crippen LogP) is 0.922. The van der Waals surface area contributed by atoms with Crippen molar-refractivity contribution in [3.8, 4) is 0 Å². The number of carboxylic acid groups (broad SMARTS) is 1. The smallest absolute Gasteiger partial charge is 0.320 e. The molecule has 0 aromatic carbocycles. The first-order valence-electron chi connectivity index (χ1n) is 8.17. The fourth-order valence-electron chi connectivity index (χ4n) is 3.32. The van der Waals surface area contributed by atoms with Gasteiger partial charge in [0.05, 0.1) is 13.0 Å². The normalized spacial score (nSPS) is 25.2. The minimum Gasteiger partial charge on any atom is -0.480 e. The molecular weight excluding hydrogens is 300 g/mol. The van der Waals surface area contributed by atoms with Crippen molar-refractivity contribution in [2.24, 2.45) is 11.8 Å². The quantitative estimate of drug-likeness (QED) is 0.572. The van der Waals surface area contributed by atoms with Gasteiger partial charge in [0.1, 0.15) is 6.04 Å². The Morgan fingerprint density at radius 1 is 1.30 bits per heavy atom. The summed E-state index contributed by atoms with van der Waals surface area (Å²) in [7, 11) is 1.29. The predicted molar refractivity (Wildman–Crippen MR) is 84.8 cm³/mol. The molecule has 1 saturated heterocycles. The summed E-state index contributed by atoms with van der Waals surface area (Å²) in [5.74, 6) is -1.80. The third-order valence-corrected chi connectivity index (χ3v) is 4.68. The van der Waals surface area contributed by atoms with Gasteiger partial charge >= 0.3 is 11.9 Å². The number of ether oxygens (including phenoxy) is 1. The van der Waals surface area contributed by atoms with Gasteiger partial charge in [0.2, 0.25) is 5.91 Å². The van der Waals surface area contributed by atoms with Crippen molar-refractivity contribution in [3.05, 3.63) is 0 Å². The molecule has 0 aromatic heterocycles. The average molecular weight is 328 g/mol. The van der Waals surface area contributed by atoms with Crippen molar-refractivity contribution in [3.63, 3.8) is 0 Å². The molecule has 0 bridgehead atoms. The second-order valence-electron chi connectivity index (χ2n) is 6.17. The van der Waals surface area contributed by atoms with E-state index in [-0.39, 0.29) is 18.4 Å². The van der Waals surface area contributed by atoms with Gasteiger partial charge in [-0.25, -0.2) is 0 Å². The largest absolute Gasteiger partial charge is 0.480 e. The first-order valence-corrected chi connectivity index (χ1v) is 8.17. The Morgan fingerprint density at radius 2 is 1.91 bits per heavy atom. The number of nitrogens with one attached hydrogen (secondary N) is 2. The molecule has 0 spiro atoms. The lowest BCUT2D eigenvalue weighted by Gasteiger charge is -2.30. The number of amides is 1. The Bertz CT molecular complexity index is 436. The van der Waals surface area contributed by atoms with Crippen LogP contribution in [0, 0.1) is 11.8 Å². The lowest BCUT2D eigenvalue weighted by atomic mass is 9.86. The monoisotopic (exact) mass is 328 g/mol. The highest BCUT2D eigenvalue weighted by molar-refractivity contribution is 5.79. The van der Waals surface area contributed by atoms with Crippen LogP contribution in [0.15, 0.2) is 0 Å². The molecule has 7 heteroatoms. The van der Waals surface area contributed by atoms with E-state index < -0.39 is 29.9 Å². The van der Waals surface area contributed by atoms with E-state index in [0.29, 0.717) is 12.3 Å². The fraction of sp³-hybridized carbons (Fsp3) is 0.812. The number of rotatable bonds is 8. The highest BCUT2D eigenvalue weighted by atomic mass is 16.5. The van der Waals surface area contributed by atoms with Gasteiger partial charge in [-0.2, -0.15) is 0 Å². The molecule has 7 nitrogen and oxygen atoms in total. The molecule has 3 N–H and O–H groups in total. The number of hydrogen-bond acceptors (Lipinski definition) is 5. The molecular formula is C16H28N2O5. The summed E-state index contributed by atoms with van der Waals surface area (Å²) in [6, 6.07) is -1.54. The van der Waals surface area contributed by atoms with Crippen LogP contribution in [0.4, 0.5) is 0 Å². The Balaban J connectivity index is 3.00. The van der Waals surface area contributed by atoms with Crippen LogP contribution in [0.1, 0.15) is 46.5 Å². The molecule has 0 aromatic rings. The molecule has 132 valence electrons. The van der Waals surface area contributed by atoms with Crippen LogP contribution in [0.2, 0.25) is 0 Å². The first-order chi connectivity index (χ1) is 10.8. The lowest BCUT2D eigenvalue weighted by Crippen LogP contribution is -2.53. The summed E-state index contributed by atoms with van der Waals surface area (Å²) in [6.07, 6.45) is 2.80. The number of carbonyl (C=O) groups is 3. The number of esters is 1. The van der Waals surface area contributed by atoms with Gasteiger partial charge in [-0.3, -0.25) is 19.7 Å². The van der Waals surface area contributed by atoms with Crippen LogP contribution in [-0.4, -0.2) is 48.2 Å². The third-order valence-electron chi connectivity index (χ3n) is 4.68. The minimum atomic E-state index is -0.995. The Labute approximate surface area is 137 Å². The number of methoxy groups -OCH3 is 1. The van der Waals surface area contributed by atoms with E-state index in [4.69, 9.17) is 4.74 Å². The molecule has 1 fully saturated rings. The van der Waals surface area contributed by atoms with Crippen LogP contribution in [0.5, 0.6) is 0 Å². The Hall–Kier alpha value is -1.63. The number of carboxylic acids is 1. The number of aliphatic carboxylic acids is 1. The summed E-state index contributed by atoms with van der Waals surface area (Å²) < 4.78 is 4.82. The van der Waals surface area contributed by atoms with Gasteiger partial charge in [-0.05, 0) is 18.8 Å². The van der Waals surface area contributed by atoms with Gasteiger partial charge in [-0.15, -0.1) is 0 Å². The molecule has 4 atom stereocenters. The first kappa shape index (κ1) is 19.4. The van der Waals surface area contributed by atoms with Gasteiger partial charge < -0.3 is 15.2 Å². The van der Waals surface area contributed by atoms with Crippen LogP contribution >= 0.6 is 0 Å². The maximum Gasteiger partial charge on any atom is 0.320 e. The zero-order valence-electron chi connectivity index (χ0n) is 14.3. The van der Waals surface area contributed by atoms with Crippen molar-refractivity contribution >= 4 is 17.8 Å². The van der Waals surface area contributed by atoms with Gasteiger partial charge in [-0.1, -0.05) is 26.7 Å². The third kappa shape index (κ3) is 5.20. The second kappa shape index (κ2) is 8.86. The van der Waals surface area contributed by atoms with E-state index in [1.54, 1.807) is 0 Å². The van der Waals surface area contributed by atoms with Crippen LogP contribution in [0.25, 0.3) is 0 Å². The van der Waals surface area contributed by atoms with E-state index in [0.717, 1.165) is 12.8 Å². The topological polar surface area (TPSA) is 105 Å². The zero-order chi connectivity index (χ0) is 17.6. The highest BCUT2D eigenvalue weighted by Gasteiger charge is 2.45. The van der Waals surface area contributed by atoms with Crippen LogP contribution in [0.3, 0.4) is 0 Å². The summed E-state index contributed by atoms with van der Waals surface area (Å²) in [6.45, 7) is 5.59.